The number of unbranched alkanes of at least 4 members (excludes halogenated alkanes) is 1. The number of halogens is 1. The molecule has 7 nitrogen and oxygen atoms in total. The van der Waals surface area contributed by atoms with Gasteiger partial charge in [-0.05, 0) is 22.4 Å². The molecule has 20 heavy (non-hydrogen) atoms. The van der Waals surface area contributed by atoms with Gasteiger partial charge in [-0.15, -0.1) is 5.10 Å². The maximum atomic E-state index is 12.1. The second-order valence-electron chi connectivity index (χ2n) is 4.50. The van der Waals surface area contributed by atoms with Gasteiger partial charge in [-0.1, -0.05) is 19.8 Å². The summed E-state index contributed by atoms with van der Waals surface area (Å²) in [6.45, 7) is 2.51. The molecule has 0 aliphatic heterocycles. The van der Waals surface area contributed by atoms with Crippen LogP contribution in [0.4, 0.5) is 0 Å². The topological polar surface area (TPSA) is 98.2 Å². The normalized spacial score (nSPS) is 12.6. The average Bonchev–Trinajstić information content (AvgIpc) is 2.86. The van der Waals surface area contributed by atoms with Crippen molar-refractivity contribution in [3.63, 3.8) is 0 Å². The largest absolute Gasteiger partial charge is 0.345 e. The Morgan fingerprint density at radius 1 is 1.60 bits per heavy atom. The van der Waals surface area contributed by atoms with Gasteiger partial charge < -0.3 is 11.1 Å². The first-order valence-electron chi connectivity index (χ1n) is 6.53. The monoisotopic (exact) mass is 340 g/mol. The number of nitrogens with zero attached hydrogens (tertiary/aromatic N) is 4. The lowest BCUT2D eigenvalue weighted by atomic mass is 10.1. The fourth-order valence-corrected chi connectivity index (χ4v) is 2.10. The Morgan fingerprint density at radius 2 is 2.40 bits per heavy atom. The minimum atomic E-state index is -0.321. The summed E-state index contributed by atoms with van der Waals surface area (Å²) in [4.78, 5) is 20.2. The SMILES string of the molecule is CCCCC(CN)NC(=O)c1nc2ncc(Br)cn2n1. The average molecular weight is 341 g/mol. The van der Waals surface area contributed by atoms with Crippen LogP contribution in [0.1, 0.15) is 36.8 Å². The van der Waals surface area contributed by atoms with Crippen molar-refractivity contribution < 1.29 is 4.79 Å². The van der Waals surface area contributed by atoms with Crippen molar-refractivity contribution in [2.24, 2.45) is 5.73 Å². The molecule has 2 aromatic heterocycles. The number of hydrogen-bond acceptors (Lipinski definition) is 5. The van der Waals surface area contributed by atoms with Gasteiger partial charge in [0.25, 0.3) is 11.7 Å². The van der Waals surface area contributed by atoms with Crippen LogP contribution in [-0.4, -0.2) is 38.1 Å². The lowest BCUT2D eigenvalue weighted by Gasteiger charge is -2.14. The van der Waals surface area contributed by atoms with E-state index in [-0.39, 0.29) is 17.8 Å². The number of rotatable bonds is 6. The Bertz CT molecular complexity index is 599. The summed E-state index contributed by atoms with van der Waals surface area (Å²) in [5.41, 5.74) is 5.66. The maximum Gasteiger partial charge on any atom is 0.291 e. The molecule has 1 unspecified atom stereocenters. The van der Waals surface area contributed by atoms with Gasteiger partial charge in [0.15, 0.2) is 0 Å². The standard InChI is InChI=1S/C12H17BrN6O/c1-2-3-4-9(5-14)16-11(20)10-17-12-15-6-8(13)7-19(12)18-10/h6-7,9H,2-5,14H2,1H3,(H,16,20). The van der Waals surface area contributed by atoms with E-state index in [4.69, 9.17) is 5.73 Å². The number of carbonyl (C=O) groups is 1. The molecule has 0 aliphatic carbocycles. The highest BCUT2D eigenvalue weighted by Crippen LogP contribution is 2.08. The summed E-state index contributed by atoms with van der Waals surface area (Å²) >= 11 is 3.29. The Balaban J connectivity index is 2.10. The molecule has 0 spiro atoms. The molecule has 0 aromatic carbocycles. The lowest BCUT2D eigenvalue weighted by Crippen LogP contribution is -2.40. The van der Waals surface area contributed by atoms with E-state index < -0.39 is 0 Å². The molecule has 1 amide bonds. The van der Waals surface area contributed by atoms with Crippen LogP contribution < -0.4 is 11.1 Å². The fraction of sp³-hybridized carbons (Fsp3) is 0.500. The van der Waals surface area contributed by atoms with Crippen molar-refractivity contribution in [3.05, 3.63) is 22.7 Å². The second-order valence-corrected chi connectivity index (χ2v) is 5.42. The number of nitrogens with two attached hydrogens (primary N) is 1. The van der Waals surface area contributed by atoms with Gasteiger partial charge >= 0.3 is 0 Å². The van der Waals surface area contributed by atoms with Crippen molar-refractivity contribution in [2.45, 2.75) is 32.2 Å². The zero-order valence-electron chi connectivity index (χ0n) is 11.2. The highest BCUT2D eigenvalue weighted by Gasteiger charge is 2.17. The molecule has 0 aliphatic rings. The number of carbonyl (C=O) groups excluding carboxylic acids is 1. The summed E-state index contributed by atoms with van der Waals surface area (Å²) < 4.78 is 2.23. The van der Waals surface area contributed by atoms with Crippen LogP contribution in [0, 0.1) is 0 Å². The summed E-state index contributed by atoms with van der Waals surface area (Å²) in [5, 5.41) is 6.95. The number of aromatic nitrogens is 4. The van der Waals surface area contributed by atoms with Gasteiger partial charge in [-0.25, -0.2) is 9.50 Å². The number of fused-ring (bicyclic) bond motifs is 1. The van der Waals surface area contributed by atoms with E-state index in [1.54, 1.807) is 12.4 Å². The van der Waals surface area contributed by atoms with E-state index in [9.17, 15) is 4.79 Å². The molecule has 2 rings (SSSR count). The fourth-order valence-electron chi connectivity index (χ4n) is 1.80. The van der Waals surface area contributed by atoms with Crippen molar-refractivity contribution in [1.29, 1.82) is 0 Å². The molecule has 0 bridgehead atoms. The molecule has 2 heterocycles. The predicted octanol–water partition coefficient (Wildman–Crippen LogP) is 1.13. The molecule has 0 fully saturated rings. The van der Waals surface area contributed by atoms with Gasteiger partial charge in [-0.3, -0.25) is 4.79 Å². The van der Waals surface area contributed by atoms with Gasteiger partial charge in [0, 0.05) is 25.0 Å². The zero-order chi connectivity index (χ0) is 14.5. The Labute approximate surface area is 125 Å². The third-order valence-electron chi connectivity index (χ3n) is 2.89. The molecule has 0 saturated carbocycles. The highest BCUT2D eigenvalue weighted by atomic mass is 79.9. The van der Waals surface area contributed by atoms with E-state index in [0.717, 1.165) is 23.7 Å². The molecule has 2 aromatic rings. The summed E-state index contributed by atoms with van der Waals surface area (Å²) in [5.74, 6) is 0.167. The van der Waals surface area contributed by atoms with E-state index in [1.165, 1.54) is 4.52 Å². The van der Waals surface area contributed by atoms with Crippen molar-refractivity contribution in [1.82, 2.24) is 24.9 Å². The van der Waals surface area contributed by atoms with Gasteiger partial charge in [0.2, 0.25) is 5.82 Å². The molecule has 1 atom stereocenters. The minimum absolute atomic E-state index is 0.0474. The first-order valence-corrected chi connectivity index (χ1v) is 7.32. The molecule has 0 radical (unpaired) electrons. The van der Waals surface area contributed by atoms with E-state index >= 15 is 0 Å². The molecular formula is C12H17BrN6O. The van der Waals surface area contributed by atoms with Crippen LogP contribution in [-0.2, 0) is 0 Å². The zero-order valence-corrected chi connectivity index (χ0v) is 12.8. The molecule has 8 heteroatoms. The predicted molar refractivity (Wildman–Crippen MR) is 78.3 cm³/mol. The summed E-state index contributed by atoms with van der Waals surface area (Å²) in [6, 6.07) is -0.0474. The van der Waals surface area contributed by atoms with Crippen molar-refractivity contribution >= 4 is 27.6 Å². The Hall–Kier alpha value is -1.54. The summed E-state index contributed by atoms with van der Waals surface area (Å²) in [6.07, 6.45) is 6.25. The molecule has 108 valence electrons. The van der Waals surface area contributed by atoms with Crippen LogP contribution in [0.2, 0.25) is 0 Å². The third kappa shape index (κ3) is 3.51. The van der Waals surface area contributed by atoms with Crippen molar-refractivity contribution in [3.8, 4) is 0 Å². The molecular weight excluding hydrogens is 324 g/mol. The highest BCUT2D eigenvalue weighted by molar-refractivity contribution is 9.10. The van der Waals surface area contributed by atoms with Crippen molar-refractivity contribution in [2.75, 3.05) is 6.54 Å². The van der Waals surface area contributed by atoms with Crippen LogP contribution in [0.3, 0.4) is 0 Å². The summed E-state index contributed by atoms with van der Waals surface area (Å²) in [7, 11) is 0. The van der Waals surface area contributed by atoms with E-state index in [2.05, 4.69) is 43.2 Å². The van der Waals surface area contributed by atoms with Gasteiger partial charge in [0.05, 0.1) is 4.47 Å². The Morgan fingerprint density at radius 3 is 3.10 bits per heavy atom. The number of hydrogen-bond donors (Lipinski definition) is 2. The van der Waals surface area contributed by atoms with Crippen LogP contribution in [0.15, 0.2) is 16.9 Å². The van der Waals surface area contributed by atoms with Gasteiger partial charge in [0.1, 0.15) is 0 Å². The van der Waals surface area contributed by atoms with E-state index in [0.29, 0.717) is 12.3 Å². The third-order valence-corrected chi connectivity index (χ3v) is 3.30. The number of amides is 1. The van der Waals surface area contributed by atoms with Crippen LogP contribution in [0.25, 0.3) is 5.78 Å². The lowest BCUT2D eigenvalue weighted by molar-refractivity contribution is 0.0925. The molecule has 3 N–H and O–H groups in total. The van der Waals surface area contributed by atoms with Crippen LogP contribution >= 0.6 is 15.9 Å². The second kappa shape index (κ2) is 6.76. The number of nitrogens with one attached hydrogen (secondary N) is 1. The Kier molecular flexibility index (Phi) is 5.02. The maximum absolute atomic E-state index is 12.1. The first kappa shape index (κ1) is 14.9. The van der Waals surface area contributed by atoms with Gasteiger partial charge in [-0.2, -0.15) is 4.98 Å². The minimum Gasteiger partial charge on any atom is -0.345 e. The quantitative estimate of drug-likeness (QED) is 0.821. The van der Waals surface area contributed by atoms with E-state index in [1.807, 2.05) is 0 Å². The van der Waals surface area contributed by atoms with Crippen LogP contribution in [0.5, 0.6) is 0 Å². The molecule has 0 saturated heterocycles. The first-order chi connectivity index (χ1) is 9.63. The smallest absolute Gasteiger partial charge is 0.291 e.